The largest absolute Gasteiger partial charge is 0.378 e. The van der Waals surface area contributed by atoms with Crippen LogP contribution in [0.1, 0.15) is 5.01 Å². The Bertz CT molecular complexity index is 431. The van der Waals surface area contributed by atoms with Gasteiger partial charge in [-0.1, -0.05) is 22.9 Å². The molecule has 0 saturated heterocycles. The predicted octanol–water partition coefficient (Wildman–Crippen LogP) is 1.89. The normalized spacial score (nSPS) is 10.9. The van der Waals surface area contributed by atoms with E-state index in [1.54, 1.807) is 7.11 Å². The second-order valence-corrected chi connectivity index (χ2v) is 3.78. The Kier molecular flexibility index (Phi) is 2.39. The van der Waals surface area contributed by atoms with Crippen molar-refractivity contribution >= 4 is 33.3 Å². The summed E-state index contributed by atoms with van der Waals surface area (Å²) in [6.45, 7) is 0.483. The summed E-state index contributed by atoms with van der Waals surface area (Å²) in [7, 11) is 1.62. The summed E-state index contributed by atoms with van der Waals surface area (Å²) in [5.41, 5.74) is 0.654. The second-order valence-electron chi connectivity index (χ2n) is 2.36. The van der Waals surface area contributed by atoms with Gasteiger partial charge in [0, 0.05) is 7.11 Å². The van der Waals surface area contributed by atoms with Gasteiger partial charge in [-0.05, 0) is 0 Å². The smallest absolute Gasteiger partial charge is 0.159 e. The highest BCUT2D eigenvalue weighted by Crippen LogP contribution is 2.24. The van der Waals surface area contributed by atoms with Crippen molar-refractivity contribution in [2.45, 2.75) is 6.61 Å². The fourth-order valence-corrected chi connectivity index (χ4v) is 2.06. The van der Waals surface area contributed by atoms with Crippen molar-refractivity contribution in [3.8, 4) is 0 Å². The number of aromatic nitrogens is 3. The van der Waals surface area contributed by atoms with E-state index >= 15 is 0 Å². The average molecular weight is 216 g/mol. The third-order valence-corrected chi connectivity index (χ3v) is 2.68. The highest BCUT2D eigenvalue weighted by atomic mass is 35.5. The average Bonchev–Trinajstić information content (AvgIpc) is 2.49. The van der Waals surface area contributed by atoms with E-state index in [0.717, 1.165) is 9.84 Å². The van der Waals surface area contributed by atoms with Gasteiger partial charge < -0.3 is 4.74 Å². The Balaban J connectivity index is 2.55. The summed E-state index contributed by atoms with van der Waals surface area (Å²) >= 11 is 7.29. The topological polar surface area (TPSA) is 47.9 Å². The number of halogens is 1. The third-order valence-electron chi connectivity index (χ3n) is 1.46. The van der Waals surface area contributed by atoms with Crippen LogP contribution in [0.15, 0.2) is 6.33 Å². The van der Waals surface area contributed by atoms with Crippen LogP contribution in [0.25, 0.3) is 10.3 Å². The summed E-state index contributed by atoms with van der Waals surface area (Å²) in [6, 6.07) is 0. The highest BCUT2D eigenvalue weighted by Gasteiger charge is 2.07. The van der Waals surface area contributed by atoms with Crippen LogP contribution in [0.4, 0.5) is 0 Å². The van der Waals surface area contributed by atoms with Gasteiger partial charge in [-0.15, -0.1) is 0 Å². The van der Waals surface area contributed by atoms with Crippen molar-refractivity contribution in [2.75, 3.05) is 7.11 Å². The SMILES string of the molecule is COCc1nc2c(Cl)ncnc2s1. The number of hydrogen-bond acceptors (Lipinski definition) is 5. The maximum absolute atomic E-state index is 5.82. The fourth-order valence-electron chi connectivity index (χ4n) is 0.955. The molecule has 0 aliphatic heterocycles. The van der Waals surface area contributed by atoms with Crippen LogP contribution in [-0.2, 0) is 11.3 Å². The Labute approximate surface area is 83.6 Å². The van der Waals surface area contributed by atoms with Crippen LogP contribution < -0.4 is 0 Å². The van der Waals surface area contributed by atoms with Gasteiger partial charge in [-0.3, -0.25) is 0 Å². The van der Waals surface area contributed by atoms with Gasteiger partial charge in [-0.25, -0.2) is 15.0 Å². The molecule has 0 aliphatic rings. The van der Waals surface area contributed by atoms with Crippen molar-refractivity contribution in [1.29, 1.82) is 0 Å². The second kappa shape index (κ2) is 3.53. The maximum Gasteiger partial charge on any atom is 0.159 e. The molecule has 0 spiro atoms. The summed E-state index contributed by atoms with van der Waals surface area (Å²) in [4.78, 5) is 12.9. The first-order valence-electron chi connectivity index (χ1n) is 3.56. The fraction of sp³-hybridized carbons (Fsp3) is 0.286. The van der Waals surface area contributed by atoms with Crippen LogP contribution in [0.2, 0.25) is 5.15 Å². The standard InChI is InChI=1S/C7H6ClN3OS/c1-12-2-4-11-5-6(8)9-3-10-7(5)13-4/h3H,2H2,1H3. The first kappa shape index (κ1) is 8.80. The molecule has 0 unspecified atom stereocenters. The third kappa shape index (κ3) is 1.63. The quantitative estimate of drug-likeness (QED) is 0.718. The number of thiazole rings is 1. The van der Waals surface area contributed by atoms with Gasteiger partial charge in [0.1, 0.15) is 21.7 Å². The molecule has 0 radical (unpaired) electrons. The molecule has 68 valence electrons. The van der Waals surface area contributed by atoms with Crippen LogP contribution in [0.3, 0.4) is 0 Å². The summed E-state index contributed by atoms with van der Waals surface area (Å²) < 4.78 is 4.95. The molecular weight excluding hydrogens is 210 g/mol. The lowest BCUT2D eigenvalue weighted by Crippen LogP contribution is -1.84. The molecule has 4 nitrogen and oxygen atoms in total. The molecule has 0 aliphatic carbocycles. The van der Waals surface area contributed by atoms with E-state index in [-0.39, 0.29) is 0 Å². The monoisotopic (exact) mass is 215 g/mol. The Hall–Kier alpha value is -0.780. The minimum Gasteiger partial charge on any atom is -0.378 e. The van der Waals surface area contributed by atoms with Crippen LogP contribution >= 0.6 is 22.9 Å². The summed E-state index contributed by atoms with van der Waals surface area (Å²) in [5, 5.41) is 1.25. The van der Waals surface area contributed by atoms with Crippen molar-refractivity contribution in [2.24, 2.45) is 0 Å². The van der Waals surface area contributed by atoms with Gasteiger partial charge in [-0.2, -0.15) is 0 Å². The zero-order valence-corrected chi connectivity index (χ0v) is 8.39. The van der Waals surface area contributed by atoms with Crippen LogP contribution in [-0.4, -0.2) is 22.1 Å². The molecule has 0 fully saturated rings. The predicted molar refractivity (Wildman–Crippen MR) is 50.9 cm³/mol. The Morgan fingerprint density at radius 2 is 2.38 bits per heavy atom. The molecule has 13 heavy (non-hydrogen) atoms. The van der Waals surface area contributed by atoms with Crippen molar-refractivity contribution < 1.29 is 4.74 Å². The van der Waals surface area contributed by atoms with E-state index in [1.807, 2.05) is 0 Å². The zero-order valence-electron chi connectivity index (χ0n) is 6.82. The highest BCUT2D eigenvalue weighted by molar-refractivity contribution is 7.18. The number of fused-ring (bicyclic) bond motifs is 1. The van der Waals surface area contributed by atoms with E-state index < -0.39 is 0 Å². The van der Waals surface area contributed by atoms with Gasteiger partial charge in [0.25, 0.3) is 0 Å². The molecule has 0 atom stereocenters. The van der Waals surface area contributed by atoms with Crippen LogP contribution in [0.5, 0.6) is 0 Å². The van der Waals surface area contributed by atoms with Gasteiger partial charge in [0.05, 0.1) is 6.61 Å². The van der Waals surface area contributed by atoms with Gasteiger partial charge in [0.15, 0.2) is 5.15 Å². The minimum absolute atomic E-state index is 0.392. The molecule has 2 rings (SSSR count). The van der Waals surface area contributed by atoms with E-state index in [9.17, 15) is 0 Å². The number of nitrogens with zero attached hydrogens (tertiary/aromatic N) is 3. The molecule has 0 aromatic carbocycles. The summed E-state index contributed by atoms with van der Waals surface area (Å²) in [6.07, 6.45) is 1.43. The Morgan fingerprint density at radius 3 is 3.08 bits per heavy atom. The lowest BCUT2D eigenvalue weighted by molar-refractivity contribution is 0.184. The lowest BCUT2D eigenvalue weighted by atomic mass is 10.6. The molecule has 2 aromatic heterocycles. The number of methoxy groups -OCH3 is 1. The van der Waals surface area contributed by atoms with E-state index in [1.165, 1.54) is 17.7 Å². The molecule has 6 heteroatoms. The molecule has 0 N–H and O–H groups in total. The molecular formula is C7H6ClN3OS. The molecule has 2 heterocycles. The lowest BCUT2D eigenvalue weighted by Gasteiger charge is -1.88. The minimum atomic E-state index is 0.392. The van der Waals surface area contributed by atoms with Crippen LogP contribution in [0, 0.1) is 0 Å². The Morgan fingerprint density at radius 1 is 1.54 bits per heavy atom. The van der Waals surface area contributed by atoms with E-state index in [4.69, 9.17) is 16.3 Å². The first-order valence-corrected chi connectivity index (χ1v) is 4.75. The van der Waals surface area contributed by atoms with Gasteiger partial charge in [0.2, 0.25) is 0 Å². The molecule has 2 aromatic rings. The maximum atomic E-state index is 5.82. The van der Waals surface area contributed by atoms with E-state index in [0.29, 0.717) is 17.3 Å². The number of rotatable bonds is 2. The number of ether oxygens (including phenoxy) is 1. The van der Waals surface area contributed by atoms with Crippen molar-refractivity contribution in [3.63, 3.8) is 0 Å². The van der Waals surface area contributed by atoms with E-state index in [2.05, 4.69) is 15.0 Å². The van der Waals surface area contributed by atoms with Crippen molar-refractivity contribution in [3.05, 3.63) is 16.5 Å². The molecule has 0 bridgehead atoms. The summed E-state index contributed by atoms with van der Waals surface area (Å²) in [5.74, 6) is 0. The van der Waals surface area contributed by atoms with Crippen molar-refractivity contribution in [1.82, 2.24) is 15.0 Å². The zero-order chi connectivity index (χ0) is 9.26. The number of hydrogen-bond donors (Lipinski definition) is 0. The molecule has 0 saturated carbocycles. The molecule has 0 amide bonds. The first-order chi connectivity index (χ1) is 6.31. The van der Waals surface area contributed by atoms with Gasteiger partial charge >= 0.3 is 0 Å².